The normalized spacial score (nSPS) is 29.6. The third-order valence-corrected chi connectivity index (χ3v) is 8.07. The average Bonchev–Trinajstić information content (AvgIpc) is 2.66. The van der Waals surface area contributed by atoms with E-state index in [0.717, 1.165) is 40.0 Å². The summed E-state index contributed by atoms with van der Waals surface area (Å²) < 4.78 is 0. The van der Waals surface area contributed by atoms with Gasteiger partial charge in [0.15, 0.2) is 5.78 Å². The number of allylic oxidation sites excluding steroid dienone is 1. The number of phenols is 1. The molecule has 4 saturated carbocycles. The summed E-state index contributed by atoms with van der Waals surface area (Å²) in [5.74, 6) is 2.79. The maximum atomic E-state index is 11.2. The molecule has 4 aliphatic carbocycles. The van der Waals surface area contributed by atoms with Crippen molar-refractivity contribution in [3.63, 3.8) is 0 Å². The van der Waals surface area contributed by atoms with Crippen molar-refractivity contribution in [2.24, 2.45) is 17.8 Å². The van der Waals surface area contributed by atoms with Gasteiger partial charge in [-0.2, -0.15) is 0 Å². The Morgan fingerprint density at radius 3 is 2.10 bits per heavy atom. The van der Waals surface area contributed by atoms with Gasteiger partial charge >= 0.3 is 0 Å². The van der Waals surface area contributed by atoms with E-state index in [1.54, 1.807) is 12.1 Å². The predicted molar refractivity (Wildman–Crippen MR) is 123 cm³/mol. The van der Waals surface area contributed by atoms with Crippen molar-refractivity contribution in [2.75, 3.05) is 0 Å². The zero-order chi connectivity index (χ0) is 21.0. The van der Waals surface area contributed by atoms with Crippen LogP contribution in [-0.4, -0.2) is 10.9 Å². The Labute approximate surface area is 187 Å². The highest BCUT2D eigenvalue weighted by atomic mass is 35.5. The van der Waals surface area contributed by atoms with Crippen LogP contribution < -0.4 is 0 Å². The van der Waals surface area contributed by atoms with E-state index in [1.165, 1.54) is 51.5 Å². The Kier molecular flexibility index (Phi) is 4.99. The first-order valence-electron chi connectivity index (χ1n) is 10.8. The largest absolute Gasteiger partial charge is 0.508 e. The standard InChI is InChI=1S/C26H26Cl2O2/c1-15(29)2-3-16-9-22(27)25(23(28)10-16)20-4-5-24(30)21(11-20)26-12-17-6-18(13-26)8-19(7-17)14-26/h2-5,9-11,17-19,30H,6-8,12-14H2,1H3/b3-2+. The Balaban J connectivity index is 1.55. The molecular weight excluding hydrogens is 415 g/mol. The average molecular weight is 441 g/mol. The Hall–Kier alpha value is -1.77. The lowest BCUT2D eigenvalue weighted by molar-refractivity contribution is -0.112. The van der Waals surface area contributed by atoms with E-state index in [1.807, 2.05) is 18.2 Å². The molecule has 0 amide bonds. The summed E-state index contributed by atoms with van der Waals surface area (Å²) in [4.78, 5) is 11.2. The minimum atomic E-state index is -0.0231. The highest BCUT2D eigenvalue weighted by molar-refractivity contribution is 6.39. The van der Waals surface area contributed by atoms with Gasteiger partial charge in [-0.1, -0.05) is 35.3 Å². The van der Waals surface area contributed by atoms with Gasteiger partial charge in [0, 0.05) is 11.1 Å². The molecule has 0 atom stereocenters. The van der Waals surface area contributed by atoms with Gasteiger partial charge in [-0.15, -0.1) is 0 Å². The van der Waals surface area contributed by atoms with E-state index in [0.29, 0.717) is 15.8 Å². The summed E-state index contributed by atoms with van der Waals surface area (Å²) in [6.07, 6.45) is 10.9. The zero-order valence-corrected chi connectivity index (χ0v) is 18.6. The molecule has 1 N–H and O–H groups in total. The van der Waals surface area contributed by atoms with E-state index in [2.05, 4.69) is 6.07 Å². The van der Waals surface area contributed by atoms with Gasteiger partial charge < -0.3 is 5.11 Å². The van der Waals surface area contributed by atoms with Gasteiger partial charge in [0.25, 0.3) is 0 Å². The minimum Gasteiger partial charge on any atom is -0.508 e. The van der Waals surface area contributed by atoms with E-state index in [-0.39, 0.29) is 11.2 Å². The molecule has 0 saturated heterocycles. The lowest BCUT2D eigenvalue weighted by Crippen LogP contribution is -2.48. The number of ketones is 1. The third-order valence-electron chi connectivity index (χ3n) is 7.47. The summed E-state index contributed by atoms with van der Waals surface area (Å²) in [7, 11) is 0. The molecule has 0 heterocycles. The van der Waals surface area contributed by atoms with Crippen molar-refractivity contribution in [3.8, 4) is 16.9 Å². The van der Waals surface area contributed by atoms with E-state index < -0.39 is 0 Å². The van der Waals surface area contributed by atoms with E-state index in [9.17, 15) is 9.90 Å². The van der Waals surface area contributed by atoms with Gasteiger partial charge in [-0.25, -0.2) is 0 Å². The van der Waals surface area contributed by atoms with Crippen LogP contribution >= 0.6 is 23.2 Å². The second kappa shape index (κ2) is 7.43. The lowest BCUT2D eigenvalue weighted by Gasteiger charge is -2.57. The van der Waals surface area contributed by atoms with Crippen LogP contribution in [0.1, 0.15) is 56.6 Å². The molecule has 0 aliphatic heterocycles. The molecule has 4 bridgehead atoms. The fraction of sp³-hybridized carbons (Fsp3) is 0.423. The quantitative estimate of drug-likeness (QED) is 0.501. The van der Waals surface area contributed by atoms with Gasteiger partial charge in [-0.05, 0) is 110 Å². The van der Waals surface area contributed by atoms with Gasteiger partial charge in [0.1, 0.15) is 5.75 Å². The molecule has 4 fully saturated rings. The van der Waals surface area contributed by atoms with E-state index in [4.69, 9.17) is 23.2 Å². The van der Waals surface area contributed by atoms with Gasteiger partial charge in [0.05, 0.1) is 10.0 Å². The molecule has 30 heavy (non-hydrogen) atoms. The molecule has 156 valence electrons. The van der Waals surface area contributed by atoms with Crippen molar-refractivity contribution >= 4 is 35.1 Å². The maximum Gasteiger partial charge on any atom is 0.152 e. The highest BCUT2D eigenvalue weighted by Crippen LogP contribution is 2.62. The minimum absolute atomic E-state index is 0.0231. The summed E-state index contributed by atoms with van der Waals surface area (Å²) in [5, 5.41) is 11.9. The fourth-order valence-electron chi connectivity index (χ4n) is 6.74. The summed E-state index contributed by atoms with van der Waals surface area (Å²) in [5.41, 5.74) is 3.69. The lowest BCUT2D eigenvalue weighted by atomic mass is 9.48. The van der Waals surface area contributed by atoms with Crippen LogP contribution in [0.25, 0.3) is 17.2 Å². The van der Waals surface area contributed by atoms with Crippen LogP contribution in [0.15, 0.2) is 36.4 Å². The van der Waals surface area contributed by atoms with Crippen LogP contribution in [0, 0.1) is 17.8 Å². The smallest absolute Gasteiger partial charge is 0.152 e. The molecule has 0 unspecified atom stereocenters. The Morgan fingerprint density at radius 2 is 1.57 bits per heavy atom. The molecule has 2 aromatic rings. The molecule has 0 spiro atoms. The molecule has 4 aliphatic rings. The molecule has 0 aromatic heterocycles. The summed E-state index contributed by atoms with van der Waals surface area (Å²) >= 11 is 13.3. The summed E-state index contributed by atoms with van der Waals surface area (Å²) in [6, 6.07) is 9.50. The number of hydrogen-bond acceptors (Lipinski definition) is 2. The first-order chi connectivity index (χ1) is 14.3. The predicted octanol–water partition coefficient (Wildman–Crippen LogP) is 7.44. The van der Waals surface area contributed by atoms with Crippen LogP contribution in [-0.2, 0) is 10.2 Å². The van der Waals surface area contributed by atoms with Crippen molar-refractivity contribution < 1.29 is 9.90 Å². The number of hydrogen-bond donors (Lipinski definition) is 1. The van der Waals surface area contributed by atoms with Crippen molar-refractivity contribution in [1.82, 2.24) is 0 Å². The van der Waals surface area contributed by atoms with Gasteiger partial charge in [0.2, 0.25) is 0 Å². The number of halogens is 2. The first-order valence-corrected chi connectivity index (χ1v) is 11.6. The second-order valence-corrected chi connectivity index (χ2v) is 10.5. The first kappa shape index (κ1) is 20.2. The monoisotopic (exact) mass is 440 g/mol. The number of phenolic OH excluding ortho intramolecular Hbond substituents is 1. The SMILES string of the molecule is CC(=O)/C=C/c1cc(Cl)c(-c2ccc(O)c(C34CC5CC(CC(C5)C3)C4)c2)c(Cl)c1. The zero-order valence-electron chi connectivity index (χ0n) is 17.1. The fourth-order valence-corrected chi connectivity index (χ4v) is 7.46. The molecule has 0 radical (unpaired) electrons. The Morgan fingerprint density at radius 1 is 1.00 bits per heavy atom. The second-order valence-electron chi connectivity index (χ2n) is 9.73. The van der Waals surface area contributed by atoms with Crippen LogP contribution in [0.5, 0.6) is 5.75 Å². The molecule has 4 heteroatoms. The number of rotatable bonds is 4. The van der Waals surface area contributed by atoms with E-state index >= 15 is 0 Å². The van der Waals surface area contributed by atoms with Crippen molar-refractivity contribution in [1.29, 1.82) is 0 Å². The maximum absolute atomic E-state index is 11.2. The van der Waals surface area contributed by atoms with Crippen molar-refractivity contribution in [2.45, 2.75) is 50.9 Å². The number of carbonyl (C=O) groups excluding carboxylic acids is 1. The number of benzene rings is 2. The van der Waals surface area contributed by atoms with Gasteiger partial charge in [-0.3, -0.25) is 4.79 Å². The van der Waals surface area contributed by atoms with Crippen LogP contribution in [0.4, 0.5) is 0 Å². The molecule has 6 rings (SSSR count). The molecular formula is C26H26Cl2O2. The van der Waals surface area contributed by atoms with Crippen LogP contribution in [0.2, 0.25) is 10.0 Å². The summed E-state index contributed by atoms with van der Waals surface area (Å²) in [6.45, 7) is 1.51. The molecule has 2 nitrogen and oxygen atoms in total. The van der Waals surface area contributed by atoms with Crippen LogP contribution in [0.3, 0.4) is 0 Å². The Bertz CT molecular complexity index is 995. The molecule has 2 aromatic carbocycles. The number of carbonyl (C=O) groups is 1. The topological polar surface area (TPSA) is 37.3 Å². The highest BCUT2D eigenvalue weighted by Gasteiger charge is 2.52. The van der Waals surface area contributed by atoms with Crippen molar-refractivity contribution in [3.05, 3.63) is 57.6 Å². The number of aromatic hydroxyl groups is 1. The third kappa shape index (κ3) is 3.48.